The van der Waals surface area contributed by atoms with E-state index in [1.54, 1.807) is 7.05 Å². The van der Waals surface area contributed by atoms with Crippen LogP contribution in [0, 0.1) is 0 Å². The van der Waals surface area contributed by atoms with Gasteiger partial charge in [-0.1, -0.05) is 27.7 Å². The second-order valence-corrected chi connectivity index (χ2v) is 8.09. The minimum atomic E-state index is -1.04. The number of carbonyl (C=O) groups is 3. The Bertz CT molecular complexity index is 945. The molecule has 7 nitrogen and oxygen atoms in total. The van der Waals surface area contributed by atoms with Gasteiger partial charge in [0, 0.05) is 23.6 Å². The maximum atomic E-state index is 12.4. The number of nitrogens with zero attached hydrogens (tertiary/aromatic N) is 2. The number of carboxylic acid groups (broad SMARTS) is 1. The van der Waals surface area contributed by atoms with Crippen molar-refractivity contribution in [2.45, 2.75) is 11.7 Å². The van der Waals surface area contributed by atoms with Crippen LogP contribution in [-0.2, 0) is 9.59 Å². The van der Waals surface area contributed by atoms with Crippen molar-refractivity contribution >= 4 is 62.0 Å². The van der Waals surface area contributed by atoms with Crippen molar-refractivity contribution in [3.8, 4) is 0 Å². The molecule has 1 atom stereocenters. The summed E-state index contributed by atoms with van der Waals surface area (Å²) in [6.07, 6.45) is -0.00607. The Morgan fingerprint density at radius 1 is 1.18 bits per heavy atom. The average Bonchev–Trinajstić information content (AvgIpc) is 2.92. The number of benzene rings is 2. The van der Waals surface area contributed by atoms with E-state index in [0.29, 0.717) is 16.5 Å². The molecule has 0 aromatic heterocycles. The number of thioether (sulfide) groups is 1. The van der Waals surface area contributed by atoms with Crippen LogP contribution < -0.4 is 5.32 Å². The van der Waals surface area contributed by atoms with Gasteiger partial charge in [-0.15, -0.1) is 0 Å². The maximum Gasteiger partial charge on any atom is 0.335 e. The van der Waals surface area contributed by atoms with Crippen LogP contribution in [-0.4, -0.2) is 45.3 Å². The molecule has 1 saturated heterocycles. The number of hydrogen-bond acceptors (Lipinski definition) is 5. The van der Waals surface area contributed by atoms with E-state index in [1.807, 2.05) is 24.3 Å². The summed E-state index contributed by atoms with van der Waals surface area (Å²) < 4.78 is 0.936. The number of rotatable bonds is 5. The van der Waals surface area contributed by atoms with Crippen LogP contribution in [0.4, 0.5) is 11.4 Å². The molecule has 0 radical (unpaired) electrons. The molecule has 28 heavy (non-hydrogen) atoms. The van der Waals surface area contributed by atoms with Gasteiger partial charge in [-0.2, -0.15) is 0 Å². The van der Waals surface area contributed by atoms with E-state index in [2.05, 4.69) is 26.2 Å². The summed E-state index contributed by atoms with van der Waals surface area (Å²) in [6, 6.07) is 13.2. The Balaban J connectivity index is 1.63. The third-order valence-corrected chi connectivity index (χ3v) is 5.74. The lowest BCUT2D eigenvalue weighted by molar-refractivity contribution is -0.127. The first-order chi connectivity index (χ1) is 13.3. The molecule has 0 bridgehead atoms. The fourth-order valence-electron chi connectivity index (χ4n) is 2.50. The minimum Gasteiger partial charge on any atom is -0.478 e. The summed E-state index contributed by atoms with van der Waals surface area (Å²) in [5, 5.41) is 11.6. The molecule has 2 amide bonds. The Hall–Kier alpha value is -2.65. The normalized spacial score (nSPS) is 17.8. The standard InChI is InChI=1S/C19H16BrN3O4S/c1-23-17(25)15(28-19(23)22-14-8-4-12(20)5-9-14)10-16(24)21-13-6-2-11(3-7-13)18(26)27/h2-9,15H,10H2,1H3,(H,21,24)(H,26,27)/t15-/m0/s1. The Morgan fingerprint density at radius 3 is 2.43 bits per heavy atom. The average molecular weight is 462 g/mol. The van der Waals surface area contributed by atoms with Gasteiger partial charge < -0.3 is 10.4 Å². The first-order valence-corrected chi connectivity index (χ1v) is 9.92. The number of amides is 2. The molecule has 1 fully saturated rings. The van der Waals surface area contributed by atoms with Crippen LogP contribution in [0.2, 0.25) is 0 Å². The van der Waals surface area contributed by atoms with Gasteiger partial charge in [-0.05, 0) is 48.5 Å². The number of aliphatic imine (C=N–C) groups is 1. The number of anilines is 1. The summed E-state index contributed by atoms with van der Waals surface area (Å²) in [5.74, 6) is -1.55. The summed E-state index contributed by atoms with van der Waals surface area (Å²) in [4.78, 5) is 41.5. The van der Waals surface area contributed by atoms with Gasteiger partial charge in [0.05, 0.1) is 11.3 Å². The maximum absolute atomic E-state index is 12.4. The quantitative estimate of drug-likeness (QED) is 0.706. The lowest BCUT2D eigenvalue weighted by Crippen LogP contribution is -2.30. The molecule has 9 heteroatoms. The van der Waals surface area contributed by atoms with Crippen molar-refractivity contribution in [3.63, 3.8) is 0 Å². The van der Waals surface area contributed by atoms with Crippen LogP contribution >= 0.6 is 27.7 Å². The Morgan fingerprint density at radius 2 is 1.82 bits per heavy atom. The summed E-state index contributed by atoms with van der Waals surface area (Å²) in [7, 11) is 1.63. The Labute approximate surface area is 174 Å². The van der Waals surface area contributed by atoms with Gasteiger partial charge in [-0.25, -0.2) is 9.79 Å². The molecule has 144 valence electrons. The van der Waals surface area contributed by atoms with Crippen LogP contribution in [0.15, 0.2) is 58.0 Å². The molecule has 2 aromatic carbocycles. The molecular weight excluding hydrogens is 446 g/mol. The van der Waals surface area contributed by atoms with E-state index < -0.39 is 11.2 Å². The first-order valence-electron chi connectivity index (χ1n) is 8.25. The fraction of sp³-hybridized carbons (Fsp3) is 0.158. The van der Waals surface area contributed by atoms with Crippen LogP contribution in [0.25, 0.3) is 0 Å². The predicted octanol–water partition coefficient (Wildman–Crippen LogP) is 3.74. The van der Waals surface area contributed by atoms with Crippen molar-refractivity contribution in [3.05, 3.63) is 58.6 Å². The van der Waals surface area contributed by atoms with Crippen LogP contribution in [0.1, 0.15) is 16.8 Å². The van der Waals surface area contributed by atoms with Crippen molar-refractivity contribution < 1.29 is 19.5 Å². The number of amidine groups is 1. The molecule has 0 unspecified atom stereocenters. The lowest BCUT2D eigenvalue weighted by Gasteiger charge is -2.09. The summed E-state index contributed by atoms with van der Waals surface area (Å²) >= 11 is 4.61. The highest BCUT2D eigenvalue weighted by Crippen LogP contribution is 2.31. The van der Waals surface area contributed by atoms with Crippen molar-refractivity contribution in [2.24, 2.45) is 4.99 Å². The van der Waals surface area contributed by atoms with Gasteiger partial charge in [0.1, 0.15) is 5.25 Å². The van der Waals surface area contributed by atoms with Crippen molar-refractivity contribution in [1.82, 2.24) is 4.90 Å². The van der Waals surface area contributed by atoms with Gasteiger partial charge >= 0.3 is 5.97 Å². The second kappa shape index (κ2) is 8.57. The molecule has 2 aromatic rings. The topological polar surface area (TPSA) is 99.1 Å². The summed E-state index contributed by atoms with van der Waals surface area (Å²) in [5.41, 5.74) is 1.33. The van der Waals surface area contributed by atoms with Gasteiger partial charge in [0.25, 0.3) is 0 Å². The molecule has 0 aliphatic carbocycles. The van der Waals surface area contributed by atoms with E-state index >= 15 is 0 Å². The highest BCUT2D eigenvalue weighted by Gasteiger charge is 2.37. The van der Waals surface area contributed by atoms with Crippen LogP contribution in [0.5, 0.6) is 0 Å². The number of nitrogens with one attached hydrogen (secondary N) is 1. The third kappa shape index (κ3) is 4.79. The van der Waals surface area contributed by atoms with E-state index in [-0.39, 0.29) is 23.8 Å². The molecular formula is C19H16BrN3O4S. The fourth-order valence-corrected chi connectivity index (χ4v) is 3.92. The van der Waals surface area contributed by atoms with E-state index in [0.717, 1.165) is 4.47 Å². The molecule has 1 aliphatic rings. The molecule has 2 N–H and O–H groups in total. The number of carboxylic acids is 1. The molecule has 0 saturated carbocycles. The minimum absolute atomic E-state index is 0.00607. The first kappa shape index (κ1) is 20.1. The van der Waals surface area contributed by atoms with Crippen molar-refractivity contribution in [1.29, 1.82) is 0 Å². The lowest BCUT2D eigenvalue weighted by atomic mass is 10.2. The van der Waals surface area contributed by atoms with Crippen molar-refractivity contribution in [2.75, 3.05) is 12.4 Å². The van der Waals surface area contributed by atoms with Crippen LogP contribution in [0.3, 0.4) is 0 Å². The molecule has 0 spiro atoms. The summed E-state index contributed by atoms with van der Waals surface area (Å²) in [6.45, 7) is 0. The van der Waals surface area contributed by atoms with Gasteiger partial charge in [0.15, 0.2) is 5.17 Å². The second-order valence-electron chi connectivity index (χ2n) is 6.01. The zero-order chi connectivity index (χ0) is 20.3. The highest BCUT2D eigenvalue weighted by molar-refractivity contribution is 9.10. The van der Waals surface area contributed by atoms with E-state index in [4.69, 9.17) is 5.11 Å². The third-order valence-electron chi connectivity index (χ3n) is 3.98. The highest BCUT2D eigenvalue weighted by atomic mass is 79.9. The monoisotopic (exact) mass is 461 g/mol. The van der Waals surface area contributed by atoms with Gasteiger partial charge in [-0.3, -0.25) is 14.5 Å². The molecule has 1 heterocycles. The smallest absolute Gasteiger partial charge is 0.335 e. The zero-order valence-corrected chi connectivity index (χ0v) is 17.2. The molecule has 1 aliphatic heterocycles. The number of halogens is 1. The van der Waals surface area contributed by atoms with E-state index in [1.165, 1.54) is 40.9 Å². The number of aromatic carboxylic acids is 1. The number of hydrogen-bond donors (Lipinski definition) is 2. The number of carbonyl (C=O) groups excluding carboxylic acids is 2. The predicted molar refractivity (Wildman–Crippen MR) is 112 cm³/mol. The zero-order valence-electron chi connectivity index (χ0n) is 14.8. The largest absolute Gasteiger partial charge is 0.478 e. The molecule has 3 rings (SSSR count). The van der Waals surface area contributed by atoms with Gasteiger partial charge in [0.2, 0.25) is 11.8 Å². The SMILES string of the molecule is CN1C(=O)[C@H](CC(=O)Nc2ccc(C(=O)O)cc2)SC1=Nc1ccc(Br)cc1. The Kier molecular flexibility index (Phi) is 6.15. The van der Waals surface area contributed by atoms with E-state index in [9.17, 15) is 14.4 Å².